The quantitative estimate of drug-likeness (QED) is 0.757. The minimum Gasteiger partial charge on any atom is -0.379 e. The van der Waals surface area contributed by atoms with E-state index in [1.54, 1.807) is 0 Å². The highest BCUT2D eigenvalue weighted by Crippen LogP contribution is 2.15. The maximum absolute atomic E-state index is 12.3. The molecule has 0 saturated carbocycles. The van der Waals surface area contributed by atoms with Crippen molar-refractivity contribution in [1.82, 2.24) is 15.1 Å². The number of para-hydroxylation sites is 1. The average molecular weight is 332 g/mol. The first-order chi connectivity index (χ1) is 11.8. The van der Waals surface area contributed by atoms with Crippen molar-refractivity contribution >= 4 is 11.6 Å². The van der Waals surface area contributed by atoms with Gasteiger partial charge in [-0.15, -0.1) is 0 Å². The summed E-state index contributed by atoms with van der Waals surface area (Å²) in [5.41, 5.74) is 1.24. The second-order valence-electron chi connectivity index (χ2n) is 6.33. The number of nitrogens with one attached hydrogen (secondary N) is 1. The highest BCUT2D eigenvalue weighted by Gasteiger charge is 2.20. The molecule has 6 nitrogen and oxygen atoms in total. The topological polar surface area (TPSA) is 48.1 Å². The van der Waals surface area contributed by atoms with E-state index in [0.717, 1.165) is 65.6 Å². The molecule has 1 aromatic carbocycles. The molecule has 2 aliphatic rings. The van der Waals surface area contributed by atoms with Crippen LogP contribution in [0.5, 0.6) is 0 Å². The van der Waals surface area contributed by atoms with Crippen LogP contribution in [0.15, 0.2) is 30.3 Å². The molecular formula is C18H28N4O2. The van der Waals surface area contributed by atoms with Gasteiger partial charge in [0.15, 0.2) is 0 Å². The maximum Gasteiger partial charge on any atom is 0.236 e. The lowest BCUT2D eigenvalue weighted by Gasteiger charge is -2.36. The zero-order valence-electron chi connectivity index (χ0n) is 14.3. The van der Waals surface area contributed by atoms with Crippen LogP contribution in [0.1, 0.15) is 0 Å². The lowest BCUT2D eigenvalue weighted by Crippen LogP contribution is -2.51. The molecule has 0 aliphatic carbocycles. The van der Waals surface area contributed by atoms with Crippen LogP contribution < -0.4 is 10.2 Å². The van der Waals surface area contributed by atoms with Crippen LogP contribution in [0.4, 0.5) is 5.69 Å². The van der Waals surface area contributed by atoms with Crippen LogP contribution in [0.3, 0.4) is 0 Å². The van der Waals surface area contributed by atoms with Gasteiger partial charge in [-0.25, -0.2) is 0 Å². The van der Waals surface area contributed by atoms with Gasteiger partial charge in [-0.05, 0) is 12.1 Å². The van der Waals surface area contributed by atoms with E-state index in [1.165, 1.54) is 5.69 Å². The summed E-state index contributed by atoms with van der Waals surface area (Å²) < 4.78 is 5.34. The zero-order chi connectivity index (χ0) is 16.6. The van der Waals surface area contributed by atoms with Crippen molar-refractivity contribution in [2.75, 3.05) is 77.0 Å². The van der Waals surface area contributed by atoms with Crippen LogP contribution in [-0.4, -0.2) is 87.8 Å². The summed E-state index contributed by atoms with van der Waals surface area (Å²) in [7, 11) is 0. The highest BCUT2D eigenvalue weighted by molar-refractivity contribution is 5.78. The molecule has 0 aromatic heterocycles. The van der Waals surface area contributed by atoms with Crippen LogP contribution >= 0.6 is 0 Å². The molecule has 1 amide bonds. The van der Waals surface area contributed by atoms with E-state index in [0.29, 0.717) is 6.54 Å². The lowest BCUT2D eigenvalue weighted by molar-refractivity contribution is -0.130. The SMILES string of the molecule is O=C(CNCCN1CCOCC1)N1CCN(c2ccccc2)CC1. The van der Waals surface area contributed by atoms with Gasteiger partial charge in [-0.2, -0.15) is 0 Å². The lowest BCUT2D eigenvalue weighted by atomic mass is 10.2. The summed E-state index contributed by atoms with van der Waals surface area (Å²) in [4.78, 5) is 19.0. The fraction of sp³-hybridized carbons (Fsp3) is 0.611. The molecule has 0 spiro atoms. The van der Waals surface area contributed by atoms with Gasteiger partial charge in [-0.1, -0.05) is 18.2 Å². The number of piperazine rings is 1. The minimum atomic E-state index is 0.213. The van der Waals surface area contributed by atoms with E-state index in [-0.39, 0.29) is 5.91 Å². The Balaban J connectivity index is 1.32. The van der Waals surface area contributed by atoms with Gasteiger partial charge in [0.25, 0.3) is 0 Å². The molecule has 1 N–H and O–H groups in total. The van der Waals surface area contributed by atoms with Gasteiger partial charge in [0, 0.05) is 58.0 Å². The van der Waals surface area contributed by atoms with Gasteiger partial charge in [0.2, 0.25) is 5.91 Å². The zero-order valence-corrected chi connectivity index (χ0v) is 14.3. The van der Waals surface area contributed by atoms with Crippen molar-refractivity contribution in [3.05, 3.63) is 30.3 Å². The van der Waals surface area contributed by atoms with E-state index in [1.807, 2.05) is 11.0 Å². The third kappa shape index (κ3) is 4.93. The summed E-state index contributed by atoms with van der Waals surface area (Å²) in [6.45, 7) is 9.35. The van der Waals surface area contributed by atoms with E-state index < -0.39 is 0 Å². The van der Waals surface area contributed by atoms with Crippen molar-refractivity contribution < 1.29 is 9.53 Å². The minimum absolute atomic E-state index is 0.213. The maximum atomic E-state index is 12.3. The Morgan fingerprint density at radius 2 is 1.71 bits per heavy atom. The van der Waals surface area contributed by atoms with Crippen LogP contribution in [0.25, 0.3) is 0 Å². The second kappa shape index (κ2) is 9.01. The molecule has 2 heterocycles. The molecule has 2 fully saturated rings. The summed E-state index contributed by atoms with van der Waals surface area (Å²) in [6, 6.07) is 10.4. The van der Waals surface area contributed by atoms with Crippen molar-refractivity contribution in [2.24, 2.45) is 0 Å². The van der Waals surface area contributed by atoms with Gasteiger partial charge in [0.1, 0.15) is 0 Å². The third-order valence-corrected chi connectivity index (χ3v) is 4.74. The molecule has 0 atom stereocenters. The van der Waals surface area contributed by atoms with E-state index in [4.69, 9.17) is 4.74 Å². The number of hydrogen-bond acceptors (Lipinski definition) is 5. The number of carbonyl (C=O) groups is 1. The van der Waals surface area contributed by atoms with Crippen molar-refractivity contribution in [1.29, 1.82) is 0 Å². The number of morpholine rings is 1. The molecule has 0 radical (unpaired) electrons. The first kappa shape index (κ1) is 17.2. The van der Waals surface area contributed by atoms with Gasteiger partial charge < -0.3 is 19.9 Å². The molecule has 6 heteroatoms. The number of benzene rings is 1. The van der Waals surface area contributed by atoms with E-state index in [9.17, 15) is 4.79 Å². The van der Waals surface area contributed by atoms with Crippen LogP contribution in [0.2, 0.25) is 0 Å². The van der Waals surface area contributed by atoms with Crippen LogP contribution in [-0.2, 0) is 9.53 Å². The standard InChI is InChI=1S/C18H28N4O2/c23-18(16-19-6-7-20-12-14-24-15-13-20)22-10-8-21(9-11-22)17-4-2-1-3-5-17/h1-5,19H,6-16H2. The molecule has 2 saturated heterocycles. The Morgan fingerprint density at radius 3 is 2.42 bits per heavy atom. The largest absolute Gasteiger partial charge is 0.379 e. The Morgan fingerprint density at radius 1 is 1.00 bits per heavy atom. The van der Waals surface area contributed by atoms with E-state index in [2.05, 4.69) is 39.4 Å². The number of hydrogen-bond donors (Lipinski definition) is 1. The Bertz CT molecular complexity index is 497. The second-order valence-corrected chi connectivity index (χ2v) is 6.33. The molecule has 0 bridgehead atoms. The highest BCUT2D eigenvalue weighted by atomic mass is 16.5. The van der Waals surface area contributed by atoms with Crippen molar-refractivity contribution in [3.8, 4) is 0 Å². The van der Waals surface area contributed by atoms with Crippen molar-refractivity contribution in [3.63, 3.8) is 0 Å². The number of rotatable bonds is 6. The summed E-state index contributed by atoms with van der Waals surface area (Å²) in [5.74, 6) is 0.213. The Kier molecular flexibility index (Phi) is 6.46. The van der Waals surface area contributed by atoms with Gasteiger partial charge in [-0.3, -0.25) is 9.69 Å². The summed E-state index contributed by atoms with van der Waals surface area (Å²) in [6.07, 6.45) is 0. The molecule has 3 rings (SSSR count). The first-order valence-corrected chi connectivity index (χ1v) is 8.91. The number of anilines is 1. The normalized spacial score (nSPS) is 19.5. The first-order valence-electron chi connectivity index (χ1n) is 8.91. The molecule has 2 aliphatic heterocycles. The number of ether oxygens (including phenoxy) is 1. The predicted octanol–water partition coefficient (Wildman–Crippen LogP) is 0.257. The fourth-order valence-electron chi connectivity index (χ4n) is 3.22. The molecule has 0 unspecified atom stereocenters. The molecule has 24 heavy (non-hydrogen) atoms. The third-order valence-electron chi connectivity index (χ3n) is 4.74. The van der Waals surface area contributed by atoms with E-state index >= 15 is 0 Å². The van der Waals surface area contributed by atoms with Gasteiger partial charge in [0.05, 0.1) is 19.8 Å². The average Bonchev–Trinajstić information content (AvgIpc) is 2.67. The van der Waals surface area contributed by atoms with Crippen LogP contribution in [0, 0.1) is 0 Å². The molecular weight excluding hydrogens is 304 g/mol. The number of amides is 1. The smallest absolute Gasteiger partial charge is 0.236 e. The Labute approximate surface area is 144 Å². The summed E-state index contributed by atoms with van der Waals surface area (Å²) in [5, 5.41) is 3.29. The van der Waals surface area contributed by atoms with Crippen molar-refractivity contribution in [2.45, 2.75) is 0 Å². The fourth-order valence-corrected chi connectivity index (χ4v) is 3.22. The number of nitrogens with zero attached hydrogens (tertiary/aromatic N) is 3. The predicted molar refractivity (Wildman–Crippen MR) is 95.4 cm³/mol. The molecule has 132 valence electrons. The summed E-state index contributed by atoms with van der Waals surface area (Å²) >= 11 is 0. The monoisotopic (exact) mass is 332 g/mol. The van der Waals surface area contributed by atoms with Gasteiger partial charge >= 0.3 is 0 Å². The molecule has 1 aromatic rings. The Hall–Kier alpha value is -1.63. The number of carbonyl (C=O) groups excluding carboxylic acids is 1.